The number of amides is 1. The summed E-state index contributed by atoms with van der Waals surface area (Å²) >= 11 is 0. The molecule has 2 unspecified atom stereocenters. The van der Waals surface area contributed by atoms with Gasteiger partial charge in [0, 0.05) is 41.6 Å². The fraction of sp³-hybridized carbons (Fsp3) is 0.435. The van der Waals surface area contributed by atoms with Crippen molar-refractivity contribution in [1.29, 1.82) is 0 Å². The van der Waals surface area contributed by atoms with Crippen LogP contribution in [0.15, 0.2) is 29.4 Å². The van der Waals surface area contributed by atoms with Crippen LogP contribution >= 0.6 is 0 Å². The molecule has 0 radical (unpaired) electrons. The van der Waals surface area contributed by atoms with Crippen molar-refractivity contribution >= 4 is 27.2 Å². The molecule has 6 heterocycles. The number of hydrogen-bond acceptors (Lipinski definition) is 11. The van der Waals surface area contributed by atoms with E-state index < -0.39 is 16.4 Å². The number of nitrogens with zero attached hydrogens (tertiary/aromatic N) is 9. The summed E-state index contributed by atoms with van der Waals surface area (Å²) in [7, 11) is -2.08. The quantitative estimate of drug-likeness (QED) is 0.353. The SMILES string of the molecule is Cn1nnc(-c2ccc(-c3cnn4c(N)c(S(C)(=O)=O)c(C5CC6CCC(C5)N6C(=O)CO)nc34)cn2)n1. The number of carbonyl (C=O) groups excluding carboxylic acids is 1. The summed E-state index contributed by atoms with van der Waals surface area (Å²) in [5, 5.41) is 25.7. The Kier molecular flexibility index (Phi) is 5.64. The molecule has 6 rings (SSSR count). The van der Waals surface area contributed by atoms with Crippen LogP contribution in [0.5, 0.6) is 0 Å². The van der Waals surface area contributed by atoms with Crippen LogP contribution < -0.4 is 5.73 Å². The summed E-state index contributed by atoms with van der Waals surface area (Å²) in [6.45, 7) is -0.539. The number of piperidine rings is 1. The zero-order chi connectivity index (χ0) is 26.8. The first kappa shape index (κ1) is 24.4. The predicted molar refractivity (Wildman–Crippen MR) is 134 cm³/mol. The van der Waals surface area contributed by atoms with Gasteiger partial charge >= 0.3 is 0 Å². The van der Waals surface area contributed by atoms with Crippen LogP contribution in [0.25, 0.3) is 28.3 Å². The van der Waals surface area contributed by atoms with Crippen molar-refractivity contribution in [2.45, 2.75) is 48.6 Å². The van der Waals surface area contributed by atoms with Crippen molar-refractivity contribution in [2.24, 2.45) is 7.05 Å². The molecule has 38 heavy (non-hydrogen) atoms. The minimum Gasteiger partial charge on any atom is -0.387 e. The Morgan fingerprint density at radius 2 is 1.92 bits per heavy atom. The topological polar surface area (TPSA) is 187 Å². The number of aryl methyl sites for hydroxylation is 1. The number of fused-ring (bicyclic) bond motifs is 3. The number of aliphatic hydroxyl groups excluding tert-OH is 1. The second-order valence-corrected chi connectivity index (χ2v) is 11.8. The van der Waals surface area contributed by atoms with E-state index in [4.69, 9.17) is 10.7 Å². The Morgan fingerprint density at radius 1 is 1.18 bits per heavy atom. The highest BCUT2D eigenvalue weighted by atomic mass is 32.2. The maximum atomic E-state index is 12.9. The maximum Gasteiger partial charge on any atom is 0.248 e. The number of tetrazole rings is 1. The number of nitrogens with two attached hydrogens (primary N) is 1. The number of aromatic nitrogens is 8. The van der Waals surface area contributed by atoms with Crippen LogP contribution in [0.4, 0.5) is 5.82 Å². The van der Waals surface area contributed by atoms with Crippen molar-refractivity contribution < 1.29 is 18.3 Å². The summed E-state index contributed by atoms with van der Waals surface area (Å²) in [5.74, 6) is -0.138. The van der Waals surface area contributed by atoms with Crippen molar-refractivity contribution in [3.8, 4) is 22.6 Å². The molecule has 198 valence electrons. The lowest BCUT2D eigenvalue weighted by Crippen LogP contribution is -2.47. The molecular formula is C23H26N10O4S. The molecule has 4 aromatic rings. The molecular weight excluding hydrogens is 512 g/mol. The molecule has 2 atom stereocenters. The minimum absolute atomic E-state index is 0.00620. The minimum atomic E-state index is -3.75. The molecule has 0 aliphatic carbocycles. The van der Waals surface area contributed by atoms with E-state index >= 15 is 0 Å². The van der Waals surface area contributed by atoms with Gasteiger partial charge in [0.2, 0.25) is 11.7 Å². The summed E-state index contributed by atoms with van der Waals surface area (Å²) in [6.07, 6.45) is 7.02. The molecule has 2 bridgehead atoms. The summed E-state index contributed by atoms with van der Waals surface area (Å²) in [4.78, 5) is 24.7. The summed E-state index contributed by atoms with van der Waals surface area (Å²) < 4.78 is 27.2. The Hall–Kier alpha value is -3.98. The molecule has 2 aliphatic heterocycles. The number of carbonyl (C=O) groups is 1. The largest absolute Gasteiger partial charge is 0.387 e. The average molecular weight is 539 g/mol. The number of hydrogen-bond donors (Lipinski definition) is 2. The van der Waals surface area contributed by atoms with Gasteiger partial charge in [-0.2, -0.15) is 14.4 Å². The zero-order valence-electron chi connectivity index (χ0n) is 20.8. The molecule has 15 heteroatoms. The second-order valence-electron chi connectivity index (χ2n) is 9.82. The van der Waals surface area contributed by atoms with E-state index in [2.05, 4.69) is 25.5 Å². The number of nitrogen functional groups attached to an aromatic ring is 1. The molecule has 2 saturated heterocycles. The molecule has 3 N–H and O–H groups in total. The highest BCUT2D eigenvalue weighted by Crippen LogP contribution is 2.45. The van der Waals surface area contributed by atoms with Gasteiger partial charge < -0.3 is 15.7 Å². The van der Waals surface area contributed by atoms with E-state index in [0.717, 1.165) is 19.1 Å². The fourth-order valence-electron chi connectivity index (χ4n) is 5.84. The third kappa shape index (κ3) is 3.89. The molecule has 4 aromatic heterocycles. The molecule has 14 nitrogen and oxygen atoms in total. The Bertz CT molecular complexity index is 1650. The molecule has 0 aromatic carbocycles. The highest BCUT2D eigenvalue weighted by Gasteiger charge is 2.45. The van der Waals surface area contributed by atoms with Crippen LogP contribution in [0.1, 0.15) is 37.3 Å². The Morgan fingerprint density at radius 3 is 2.50 bits per heavy atom. The lowest BCUT2D eigenvalue weighted by Gasteiger charge is -2.39. The number of sulfone groups is 1. The number of anilines is 1. The highest BCUT2D eigenvalue weighted by molar-refractivity contribution is 7.91. The summed E-state index contributed by atoms with van der Waals surface area (Å²) in [6, 6.07) is 3.43. The van der Waals surface area contributed by atoms with Gasteiger partial charge in [-0.1, -0.05) is 6.07 Å². The Balaban J connectivity index is 1.44. The van der Waals surface area contributed by atoms with Crippen molar-refractivity contribution in [1.82, 2.24) is 44.7 Å². The first-order valence-corrected chi connectivity index (χ1v) is 14.0. The molecule has 2 aliphatic rings. The van der Waals surface area contributed by atoms with Crippen molar-refractivity contribution in [3.05, 3.63) is 30.2 Å². The monoisotopic (exact) mass is 538 g/mol. The average Bonchev–Trinajstić information content (AvgIpc) is 3.58. The zero-order valence-corrected chi connectivity index (χ0v) is 21.6. The van der Waals surface area contributed by atoms with Gasteiger partial charge in [0.1, 0.15) is 23.0 Å². The van der Waals surface area contributed by atoms with Gasteiger partial charge in [0.05, 0.1) is 18.9 Å². The van der Waals surface area contributed by atoms with Gasteiger partial charge in [0.15, 0.2) is 15.5 Å². The lowest BCUT2D eigenvalue weighted by molar-refractivity contribution is -0.138. The first-order valence-electron chi connectivity index (χ1n) is 12.2. The van der Waals surface area contributed by atoms with E-state index in [1.54, 1.807) is 30.4 Å². The van der Waals surface area contributed by atoms with Crippen LogP contribution in [-0.2, 0) is 21.7 Å². The van der Waals surface area contributed by atoms with Gasteiger partial charge in [-0.25, -0.2) is 13.4 Å². The van der Waals surface area contributed by atoms with Gasteiger partial charge in [-0.05, 0) is 37.0 Å². The summed E-state index contributed by atoms with van der Waals surface area (Å²) in [5.41, 5.74) is 9.13. The molecule has 2 fully saturated rings. The number of pyridine rings is 1. The lowest BCUT2D eigenvalue weighted by atomic mass is 9.87. The van der Waals surface area contributed by atoms with Crippen LogP contribution in [0, 0.1) is 0 Å². The third-order valence-corrected chi connectivity index (χ3v) is 8.55. The normalized spacial score (nSPS) is 21.3. The van der Waals surface area contributed by atoms with Crippen LogP contribution in [0.3, 0.4) is 0 Å². The van der Waals surface area contributed by atoms with E-state index in [1.807, 2.05) is 6.07 Å². The third-order valence-electron chi connectivity index (χ3n) is 7.39. The number of rotatable bonds is 5. The maximum absolute atomic E-state index is 12.9. The van der Waals surface area contributed by atoms with Gasteiger partial charge in [0.25, 0.3) is 0 Å². The van der Waals surface area contributed by atoms with Crippen molar-refractivity contribution in [3.63, 3.8) is 0 Å². The van der Waals surface area contributed by atoms with E-state index in [0.29, 0.717) is 46.8 Å². The van der Waals surface area contributed by atoms with E-state index in [9.17, 15) is 18.3 Å². The molecule has 1 amide bonds. The van der Waals surface area contributed by atoms with E-state index in [1.165, 1.54) is 9.31 Å². The first-order chi connectivity index (χ1) is 18.2. The Labute approximate surface area is 217 Å². The fourth-order valence-corrected chi connectivity index (χ4v) is 6.90. The predicted octanol–water partition coefficient (Wildman–Crippen LogP) is 0.197. The van der Waals surface area contributed by atoms with Crippen LogP contribution in [0.2, 0.25) is 0 Å². The van der Waals surface area contributed by atoms with E-state index in [-0.39, 0.29) is 34.6 Å². The van der Waals surface area contributed by atoms with Crippen LogP contribution in [-0.4, -0.2) is 89.1 Å². The standard InChI is InChI=1S/C23H26N10O4S/c1-31-29-22(28-30-31)17-6-3-12(9-25-17)16-10-26-33-21(24)20(38(2,36)37)19(27-23(16)33)13-7-14-4-5-15(8-13)32(14)18(35)11-34/h3,6,9-10,13-15,34H,4-5,7-8,11,24H2,1-2H3. The van der Waals surface area contributed by atoms with Gasteiger partial charge in [-0.3, -0.25) is 9.78 Å². The van der Waals surface area contributed by atoms with Crippen molar-refractivity contribution in [2.75, 3.05) is 18.6 Å². The second kappa shape index (κ2) is 8.80. The molecule has 0 spiro atoms. The van der Waals surface area contributed by atoms with Gasteiger partial charge in [-0.15, -0.1) is 10.2 Å². The smallest absolute Gasteiger partial charge is 0.248 e. The molecule has 0 saturated carbocycles. The number of aliphatic hydroxyl groups is 1.